The van der Waals surface area contributed by atoms with Crippen LogP contribution in [0.1, 0.15) is 26.2 Å². The van der Waals surface area contributed by atoms with Crippen LogP contribution in [0.15, 0.2) is 0 Å². The maximum atomic E-state index is 12.0. The molecule has 1 heterocycles. The van der Waals surface area contributed by atoms with Crippen molar-refractivity contribution in [3.8, 4) is 0 Å². The van der Waals surface area contributed by atoms with E-state index in [4.69, 9.17) is 14.6 Å². The number of nitrogens with zero attached hydrogens (tertiary/aromatic N) is 1. The number of aliphatic carboxylic acids is 1. The smallest absolute Gasteiger partial charge is 0.326 e. The van der Waals surface area contributed by atoms with Gasteiger partial charge in [-0.2, -0.15) is 0 Å². The van der Waals surface area contributed by atoms with Crippen LogP contribution in [0.2, 0.25) is 0 Å². The second kappa shape index (κ2) is 9.57. The Labute approximate surface area is 125 Å². The highest BCUT2D eigenvalue weighted by Crippen LogP contribution is 2.23. The van der Waals surface area contributed by atoms with Crippen LogP contribution < -0.4 is 5.32 Å². The molecule has 7 nitrogen and oxygen atoms in total. The van der Waals surface area contributed by atoms with Crippen molar-refractivity contribution in [3.63, 3.8) is 0 Å². The number of likely N-dealkylation sites (tertiary alicyclic amines) is 1. The van der Waals surface area contributed by atoms with Gasteiger partial charge in [0.1, 0.15) is 6.04 Å². The van der Waals surface area contributed by atoms with Crippen molar-refractivity contribution in [1.29, 1.82) is 0 Å². The van der Waals surface area contributed by atoms with Crippen molar-refractivity contribution in [3.05, 3.63) is 0 Å². The predicted molar refractivity (Wildman–Crippen MR) is 77.2 cm³/mol. The number of rotatable bonds is 9. The molecule has 122 valence electrons. The molecule has 0 spiro atoms. The SMILES string of the molecule is COCCOCCCCNC(=O)N1CCC(C)C1C(=O)O. The minimum absolute atomic E-state index is 0.00225. The number of carbonyl (C=O) groups is 2. The lowest BCUT2D eigenvalue weighted by Crippen LogP contribution is -2.47. The van der Waals surface area contributed by atoms with E-state index in [1.807, 2.05) is 6.92 Å². The Kier molecular flexibility index (Phi) is 8.07. The monoisotopic (exact) mass is 302 g/mol. The largest absolute Gasteiger partial charge is 0.480 e. The summed E-state index contributed by atoms with van der Waals surface area (Å²) in [5.41, 5.74) is 0. The highest BCUT2D eigenvalue weighted by Gasteiger charge is 2.39. The molecule has 2 N–H and O–H groups in total. The van der Waals surface area contributed by atoms with Crippen LogP contribution in [-0.2, 0) is 14.3 Å². The van der Waals surface area contributed by atoms with Gasteiger partial charge in [0, 0.05) is 26.8 Å². The summed E-state index contributed by atoms with van der Waals surface area (Å²) in [6.07, 6.45) is 2.39. The number of carboxylic acids is 1. The summed E-state index contributed by atoms with van der Waals surface area (Å²) in [6.45, 7) is 4.70. The number of hydrogen-bond acceptors (Lipinski definition) is 4. The minimum Gasteiger partial charge on any atom is -0.480 e. The quantitative estimate of drug-likeness (QED) is 0.619. The Hall–Kier alpha value is -1.34. The third kappa shape index (κ3) is 5.89. The van der Waals surface area contributed by atoms with E-state index in [1.54, 1.807) is 7.11 Å². The number of amides is 2. The van der Waals surface area contributed by atoms with Crippen molar-refractivity contribution in [2.24, 2.45) is 5.92 Å². The molecule has 0 saturated carbocycles. The van der Waals surface area contributed by atoms with Gasteiger partial charge in [0.25, 0.3) is 0 Å². The number of unbranched alkanes of at least 4 members (excludes halogenated alkanes) is 1. The van der Waals surface area contributed by atoms with Crippen LogP contribution in [0.4, 0.5) is 4.79 Å². The van der Waals surface area contributed by atoms with Crippen LogP contribution in [0, 0.1) is 5.92 Å². The van der Waals surface area contributed by atoms with Crippen molar-refractivity contribution >= 4 is 12.0 Å². The number of nitrogens with one attached hydrogen (secondary N) is 1. The van der Waals surface area contributed by atoms with E-state index in [0.29, 0.717) is 32.9 Å². The van der Waals surface area contributed by atoms with E-state index < -0.39 is 12.0 Å². The first-order valence-electron chi connectivity index (χ1n) is 7.42. The van der Waals surface area contributed by atoms with Crippen LogP contribution >= 0.6 is 0 Å². The fourth-order valence-corrected chi connectivity index (χ4v) is 2.42. The highest BCUT2D eigenvalue weighted by molar-refractivity contribution is 5.83. The van der Waals surface area contributed by atoms with E-state index in [0.717, 1.165) is 19.3 Å². The summed E-state index contributed by atoms with van der Waals surface area (Å²) < 4.78 is 10.2. The zero-order valence-electron chi connectivity index (χ0n) is 12.8. The van der Waals surface area contributed by atoms with E-state index >= 15 is 0 Å². The average molecular weight is 302 g/mol. The molecule has 1 fully saturated rings. The van der Waals surface area contributed by atoms with E-state index in [2.05, 4.69) is 5.32 Å². The second-order valence-electron chi connectivity index (χ2n) is 5.29. The summed E-state index contributed by atoms with van der Waals surface area (Å²) in [5, 5.41) is 11.9. The maximum Gasteiger partial charge on any atom is 0.326 e. The van der Waals surface area contributed by atoms with Crippen molar-refractivity contribution in [2.75, 3.05) is 40.0 Å². The van der Waals surface area contributed by atoms with Gasteiger partial charge in [-0.3, -0.25) is 0 Å². The Morgan fingerprint density at radius 2 is 2.05 bits per heavy atom. The van der Waals surface area contributed by atoms with Gasteiger partial charge in [0.2, 0.25) is 0 Å². The topological polar surface area (TPSA) is 88.1 Å². The molecule has 0 radical (unpaired) electrons. The number of urea groups is 1. The number of methoxy groups -OCH3 is 1. The van der Waals surface area contributed by atoms with Crippen LogP contribution in [0.3, 0.4) is 0 Å². The summed E-state index contributed by atoms with van der Waals surface area (Å²) in [5.74, 6) is -0.927. The van der Waals surface area contributed by atoms with Crippen molar-refractivity contribution in [1.82, 2.24) is 10.2 Å². The predicted octanol–water partition coefficient (Wildman–Crippen LogP) is 0.934. The van der Waals surface area contributed by atoms with E-state index in [9.17, 15) is 9.59 Å². The number of hydrogen-bond donors (Lipinski definition) is 2. The van der Waals surface area contributed by atoms with Crippen molar-refractivity contribution < 1.29 is 24.2 Å². The zero-order chi connectivity index (χ0) is 15.7. The molecular weight excluding hydrogens is 276 g/mol. The molecule has 0 aromatic heterocycles. The van der Waals surface area contributed by atoms with Crippen molar-refractivity contribution in [2.45, 2.75) is 32.2 Å². The summed E-state index contributed by atoms with van der Waals surface area (Å²) in [4.78, 5) is 24.6. The molecule has 0 aromatic carbocycles. The molecule has 0 aromatic rings. The van der Waals surface area contributed by atoms with Gasteiger partial charge in [-0.25, -0.2) is 9.59 Å². The zero-order valence-corrected chi connectivity index (χ0v) is 12.8. The standard InChI is InChI=1S/C14H26N2O5/c1-11-5-7-16(12(11)13(17)18)14(19)15-6-3-4-8-21-10-9-20-2/h11-12H,3-10H2,1-2H3,(H,15,19)(H,17,18). The second-order valence-corrected chi connectivity index (χ2v) is 5.29. The fraction of sp³-hybridized carbons (Fsp3) is 0.857. The molecule has 1 aliphatic heterocycles. The third-order valence-corrected chi connectivity index (χ3v) is 3.64. The lowest BCUT2D eigenvalue weighted by Gasteiger charge is -2.23. The molecule has 2 unspecified atom stereocenters. The molecule has 2 amide bonds. The Balaban J connectivity index is 2.15. The van der Waals surface area contributed by atoms with Gasteiger partial charge in [-0.1, -0.05) is 6.92 Å². The van der Waals surface area contributed by atoms with Gasteiger partial charge >= 0.3 is 12.0 Å². The number of carboxylic acid groups (broad SMARTS) is 1. The maximum absolute atomic E-state index is 12.0. The first kappa shape index (κ1) is 17.7. The Morgan fingerprint density at radius 3 is 2.71 bits per heavy atom. The highest BCUT2D eigenvalue weighted by atomic mass is 16.5. The molecule has 2 atom stereocenters. The fourth-order valence-electron chi connectivity index (χ4n) is 2.42. The third-order valence-electron chi connectivity index (χ3n) is 3.64. The normalized spacial score (nSPS) is 21.5. The molecule has 1 rings (SSSR count). The molecule has 1 saturated heterocycles. The van der Waals surface area contributed by atoms with Gasteiger partial charge < -0.3 is 24.8 Å². The van der Waals surface area contributed by atoms with E-state index in [1.165, 1.54) is 4.90 Å². The van der Waals surface area contributed by atoms with Crippen LogP contribution in [0.25, 0.3) is 0 Å². The first-order chi connectivity index (χ1) is 10.1. The van der Waals surface area contributed by atoms with Crippen LogP contribution in [-0.4, -0.2) is 68.1 Å². The van der Waals surface area contributed by atoms with Gasteiger partial charge in [0.15, 0.2) is 0 Å². The van der Waals surface area contributed by atoms with E-state index in [-0.39, 0.29) is 11.9 Å². The van der Waals surface area contributed by atoms with Gasteiger partial charge in [0.05, 0.1) is 13.2 Å². The molecule has 0 bridgehead atoms. The van der Waals surface area contributed by atoms with Gasteiger partial charge in [-0.15, -0.1) is 0 Å². The number of carbonyl (C=O) groups excluding carboxylic acids is 1. The average Bonchev–Trinajstić information content (AvgIpc) is 2.83. The Bertz CT molecular complexity index is 337. The van der Waals surface area contributed by atoms with Gasteiger partial charge in [-0.05, 0) is 25.2 Å². The Morgan fingerprint density at radius 1 is 1.29 bits per heavy atom. The lowest BCUT2D eigenvalue weighted by molar-refractivity contribution is -0.142. The minimum atomic E-state index is -0.929. The molecule has 0 aliphatic carbocycles. The lowest BCUT2D eigenvalue weighted by atomic mass is 10.0. The summed E-state index contributed by atoms with van der Waals surface area (Å²) in [7, 11) is 1.63. The summed E-state index contributed by atoms with van der Waals surface area (Å²) >= 11 is 0. The summed E-state index contributed by atoms with van der Waals surface area (Å²) in [6, 6.07) is -0.991. The first-order valence-corrected chi connectivity index (χ1v) is 7.42. The number of ether oxygens (including phenoxy) is 2. The molecule has 21 heavy (non-hydrogen) atoms. The molecule has 7 heteroatoms. The van der Waals surface area contributed by atoms with Crippen LogP contribution in [0.5, 0.6) is 0 Å². The molecular formula is C14H26N2O5. The molecule has 1 aliphatic rings.